The zero-order valence-corrected chi connectivity index (χ0v) is 12.6. The molecule has 0 bridgehead atoms. The van der Waals surface area contributed by atoms with Gasteiger partial charge < -0.3 is 5.32 Å². The molecule has 0 spiro atoms. The summed E-state index contributed by atoms with van der Waals surface area (Å²) in [5.41, 5.74) is 0. The monoisotopic (exact) mass is 299 g/mol. The molecule has 1 aromatic carbocycles. The number of hydrogen-bond donors (Lipinski definition) is 1. The average Bonchev–Trinajstić information content (AvgIpc) is 2.45. The highest BCUT2D eigenvalue weighted by molar-refractivity contribution is 7.92. The van der Waals surface area contributed by atoms with Crippen LogP contribution in [0.4, 0.5) is 4.39 Å². The first-order valence-electron chi connectivity index (χ1n) is 7.27. The summed E-state index contributed by atoms with van der Waals surface area (Å²) in [7, 11) is -3.42. The summed E-state index contributed by atoms with van der Waals surface area (Å²) < 4.78 is 38.4. The zero-order valence-electron chi connectivity index (χ0n) is 11.8. The molecular formula is C15H22FNO2S. The summed E-state index contributed by atoms with van der Waals surface area (Å²) in [6.07, 6.45) is 4.26. The van der Waals surface area contributed by atoms with Crippen molar-refractivity contribution in [3.05, 3.63) is 30.1 Å². The molecule has 1 aromatic rings. The second kappa shape index (κ2) is 6.68. The molecule has 2 unspecified atom stereocenters. The zero-order chi connectivity index (χ0) is 14.6. The fraction of sp³-hybridized carbons (Fsp3) is 0.600. The highest BCUT2D eigenvalue weighted by atomic mass is 32.2. The van der Waals surface area contributed by atoms with Crippen LogP contribution in [-0.2, 0) is 9.84 Å². The molecule has 3 nitrogen and oxygen atoms in total. The minimum absolute atomic E-state index is 0.110. The van der Waals surface area contributed by atoms with Crippen LogP contribution in [0.1, 0.15) is 39.0 Å². The van der Waals surface area contributed by atoms with Crippen LogP contribution in [0.25, 0.3) is 0 Å². The Bertz CT molecular complexity index is 545. The van der Waals surface area contributed by atoms with Crippen molar-refractivity contribution in [3.63, 3.8) is 0 Å². The van der Waals surface area contributed by atoms with Crippen molar-refractivity contribution in [2.45, 2.75) is 55.2 Å². The van der Waals surface area contributed by atoms with Gasteiger partial charge in [0.25, 0.3) is 0 Å². The normalized spacial score (nSPS) is 23.7. The van der Waals surface area contributed by atoms with Gasteiger partial charge in [0.05, 0.1) is 10.1 Å². The summed E-state index contributed by atoms with van der Waals surface area (Å²) >= 11 is 0. The van der Waals surface area contributed by atoms with E-state index in [1.165, 1.54) is 18.2 Å². The minimum atomic E-state index is -3.42. The summed E-state index contributed by atoms with van der Waals surface area (Å²) in [4.78, 5) is 0.110. The molecule has 1 fully saturated rings. The number of sulfone groups is 1. The van der Waals surface area contributed by atoms with E-state index in [0.717, 1.165) is 31.9 Å². The number of hydrogen-bond acceptors (Lipinski definition) is 3. The standard InChI is InChI=1S/C15H22FNO2S/c1-2-9-17-13-6-4-8-15(11-13)20(18,19)14-7-3-5-12(16)10-14/h3,5,7,10,13,15,17H,2,4,6,8-9,11H2,1H3. The first-order valence-corrected chi connectivity index (χ1v) is 8.81. The lowest BCUT2D eigenvalue weighted by Crippen LogP contribution is -2.39. The molecule has 1 N–H and O–H groups in total. The van der Waals surface area contributed by atoms with E-state index in [4.69, 9.17) is 0 Å². The van der Waals surface area contributed by atoms with E-state index in [2.05, 4.69) is 12.2 Å². The SMILES string of the molecule is CCCNC1CCCC(S(=O)(=O)c2cccc(F)c2)C1. The quantitative estimate of drug-likeness (QED) is 0.909. The van der Waals surface area contributed by atoms with Gasteiger partial charge in [-0.25, -0.2) is 12.8 Å². The Balaban J connectivity index is 2.13. The molecule has 1 aliphatic rings. The first-order chi connectivity index (χ1) is 9.54. The first kappa shape index (κ1) is 15.4. The summed E-state index contributed by atoms with van der Waals surface area (Å²) in [6.45, 7) is 3.01. The van der Waals surface area contributed by atoms with Crippen LogP contribution in [0.5, 0.6) is 0 Å². The molecule has 0 heterocycles. The molecule has 2 atom stereocenters. The third kappa shape index (κ3) is 3.58. The maximum absolute atomic E-state index is 13.2. The fourth-order valence-electron chi connectivity index (χ4n) is 2.80. The van der Waals surface area contributed by atoms with Gasteiger partial charge in [0.1, 0.15) is 5.82 Å². The van der Waals surface area contributed by atoms with Crippen molar-refractivity contribution in [2.24, 2.45) is 0 Å². The lowest BCUT2D eigenvalue weighted by molar-refractivity contribution is 0.372. The van der Waals surface area contributed by atoms with E-state index < -0.39 is 20.9 Å². The number of benzene rings is 1. The third-order valence-electron chi connectivity index (χ3n) is 3.87. The van der Waals surface area contributed by atoms with Crippen LogP contribution in [0.3, 0.4) is 0 Å². The summed E-state index contributed by atoms with van der Waals surface area (Å²) in [5, 5.41) is 3.00. The molecular weight excluding hydrogens is 277 g/mol. The second-order valence-corrected chi connectivity index (χ2v) is 7.67. The summed E-state index contributed by atoms with van der Waals surface area (Å²) in [5.74, 6) is -0.498. The van der Waals surface area contributed by atoms with Crippen molar-refractivity contribution in [2.75, 3.05) is 6.54 Å². The molecule has 0 aliphatic heterocycles. The molecule has 2 rings (SSSR count). The molecule has 20 heavy (non-hydrogen) atoms. The van der Waals surface area contributed by atoms with Crippen molar-refractivity contribution < 1.29 is 12.8 Å². The lowest BCUT2D eigenvalue weighted by atomic mass is 9.95. The van der Waals surface area contributed by atoms with Gasteiger partial charge in [0, 0.05) is 6.04 Å². The number of rotatable bonds is 5. The van der Waals surface area contributed by atoms with Crippen LogP contribution in [0, 0.1) is 5.82 Å². The topological polar surface area (TPSA) is 46.2 Å². The smallest absolute Gasteiger partial charge is 0.181 e. The maximum Gasteiger partial charge on any atom is 0.181 e. The van der Waals surface area contributed by atoms with Gasteiger partial charge in [-0.2, -0.15) is 0 Å². The predicted molar refractivity (Wildman–Crippen MR) is 77.9 cm³/mol. The van der Waals surface area contributed by atoms with Crippen LogP contribution in [-0.4, -0.2) is 26.3 Å². The predicted octanol–water partition coefficient (Wildman–Crippen LogP) is 2.91. The molecule has 0 saturated heterocycles. The van der Waals surface area contributed by atoms with Gasteiger partial charge in [-0.3, -0.25) is 0 Å². The Kier molecular flexibility index (Phi) is 5.16. The second-order valence-electron chi connectivity index (χ2n) is 5.44. The van der Waals surface area contributed by atoms with E-state index in [1.807, 2.05) is 0 Å². The van der Waals surface area contributed by atoms with E-state index in [-0.39, 0.29) is 10.9 Å². The van der Waals surface area contributed by atoms with Crippen molar-refractivity contribution >= 4 is 9.84 Å². The minimum Gasteiger partial charge on any atom is -0.314 e. The van der Waals surface area contributed by atoms with E-state index >= 15 is 0 Å². The van der Waals surface area contributed by atoms with Gasteiger partial charge in [-0.05, 0) is 50.4 Å². The van der Waals surface area contributed by atoms with Crippen molar-refractivity contribution in [1.29, 1.82) is 0 Å². The van der Waals surface area contributed by atoms with E-state index in [9.17, 15) is 12.8 Å². The Morgan fingerprint density at radius 2 is 2.15 bits per heavy atom. The largest absolute Gasteiger partial charge is 0.314 e. The third-order valence-corrected chi connectivity index (χ3v) is 6.09. The van der Waals surface area contributed by atoms with Gasteiger partial charge in [0.15, 0.2) is 9.84 Å². The van der Waals surface area contributed by atoms with Crippen molar-refractivity contribution in [3.8, 4) is 0 Å². The van der Waals surface area contributed by atoms with Gasteiger partial charge in [-0.1, -0.05) is 19.4 Å². The Labute approximate surface area is 120 Å². The van der Waals surface area contributed by atoms with Gasteiger partial charge >= 0.3 is 0 Å². The molecule has 112 valence electrons. The fourth-order valence-corrected chi connectivity index (χ4v) is 4.69. The van der Waals surface area contributed by atoms with Crippen LogP contribution in [0.2, 0.25) is 0 Å². The number of nitrogens with one attached hydrogen (secondary N) is 1. The molecule has 0 amide bonds. The van der Waals surface area contributed by atoms with E-state index in [1.54, 1.807) is 0 Å². The molecule has 0 aromatic heterocycles. The highest BCUT2D eigenvalue weighted by Gasteiger charge is 2.32. The number of halogens is 1. The summed E-state index contributed by atoms with van der Waals surface area (Å²) in [6, 6.07) is 5.60. The van der Waals surface area contributed by atoms with E-state index in [0.29, 0.717) is 12.8 Å². The van der Waals surface area contributed by atoms with Crippen LogP contribution < -0.4 is 5.32 Å². The van der Waals surface area contributed by atoms with Gasteiger partial charge in [-0.15, -0.1) is 0 Å². The van der Waals surface area contributed by atoms with Crippen LogP contribution >= 0.6 is 0 Å². The van der Waals surface area contributed by atoms with Gasteiger partial charge in [0.2, 0.25) is 0 Å². The Morgan fingerprint density at radius 1 is 1.35 bits per heavy atom. The molecule has 0 radical (unpaired) electrons. The molecule has 1 saturated carbocycles. The maximum atomic E-state index is 13.2. The molecule has 1 aliphatic carbocycles. The van der Waals surface area contributed by atoms with Crippen LogP contribution in [0.15, 0.2) is 29.2 Å². The van der Waals surface area contributed by atoms with Crippen molar-refractivity contribution in [1.82, 2.24) is 5.32 Å². The highest BCUT2D eigenvalue weighted by Crippen LogP contribution is 2.29. The lowest BCUT2D eigenvalue weighted by Gasteiger charge is -2.29. The molecule has 5 heteroatoms. The Morgan fingerprint density at radius 3 is 2.85 bits per heavy atom. The average molecular weight is 299 g/mol. The Hall–Kier alpha value is -0.940.